The van der Waals surface area contributed by atoms with Crippen LogP contribution in [0.4, 0.5) is 0 Å². The quantitative estimate of drug-likeness (QED) is 0.501. The first-order valence-corrected chi connectivity index (χ1v) is 3.34. The van der Waals surface area contributed by atoms with Crippen LogP contribution in [0.3, 0.4) is 0 Å². The average molecular weight is 167 g/mol. The molecule has 0 spiro atoms. The van der Waals surface area contributed by atoms with Crippen LogP contribution in [0.5, 0.6) is 11.5 Å². The smallest absolute Gasteiger partial charge is 0.214 e. The van der Waals surface area contributed by atoms with Gasteiger partial charge in [-0.1, -0.05) is 0 Å². The summed E-state index contributed by atoms with van der Waals surface area (Å²) in [5.41, 5.74) is 6.22. The summed E-state index contributed by atoms with van der Waals surface area (Å²) >= 11 is 0. The average Bonchev–Trinajstić information content (AvgIpc) is 2.59. The van der Waals surface area contributed by atoms with Gasteiger partial charge in [0, 0.05) is 12.5 Å². The van der Waals surface area contributed by atoms with Crippen molar-refractivity contribution in [2.45, 2.75) is 6.92 Å². The Balaban J connectivity index is 0.000000157. The monoisotopic (exact) mass is 167 g/mol. The lowest BCUT2D eigenvalue weighted by atomic mass is 10.5. The van der Waals surface area contributed by atoms with Gasteiger partial charge >= 0.3 is 0 Å². The molecule has 0 fully saturated rings. The van der Waals surface area contributed by atoms with E-state index >= 15 is 0 Å². The summed E-state index contributed by atoms with van der Waals surface area (Å²) in [4.78, 5) is 9.22. The van der Waals surface area contributed by atoms with Crippen LogP contribution >= 0.6 is 0 Å². The number of hydrogen-bond acceptors (Lipinski definition) is 3. The molecule has 0 saturated carbocycles. The zero-order valence-corrected chi connectivity index (χ0v) is 6.53. The van der Waals surface area contributed by atoms with Crippen molar-refractivity contribution >= 4 is 5.91 Å². The molecular formula is C8H9NO3. The van der Waals surface area contributed by atoms with Gasteiger partial charge < -0.3 is 15.9 Å². The molecule has 2 rings (SSSR count). The van der Waals surface area contributed by atoms with Gasteiger partial charge in [0.25, 0.3) is 0 Å². The molecule has 64 valence electrons. The van der Waals surface area contributed by atoms with Crippen molar-refractivity contribution in [2.24, 2.45) is 5.73 Å². The lowest BCUT2D eigenvalue weighted by Gasteiger charge is -1.82. The number of nitrogens with two attached hydrogens (primary N) is 1. The van der Waals surface area contributed by atoms with Crippen molar-refractivity contribution in [2.75, 3.05) is 0 Å². The molecule has 0 saturated heterocycles. The standard InChI is InChI=1S/C6H4O2.C2H5NO/c7-5-2-3-1-4(3)6(5)8;1-2(3)4/h1-2,7-8H;1H3,(H2,3,4). The zero-order valence-electron chi connectivity index (χ0n) is 6.53. The normalized spacial score (nSPS) is 9.75. The lowest BCUT2D eigenvalue weighted by molar-refractivity contribution is -0.115. The highest BCUT2D eigenvalue weighted by molar-refractivity contribution is 5.90. The maximum atomic E-state index is 9.22. The van der Waals surface area contributed by atoms with E-state index in [-0.39, 0.29) is 17.4 Å². The van der Waals surface area contributed by atoms with Gasteiger partial charge in [-0.2, -0.15) is 0 Å². The van der Waals surface area contributed by atoms with Crippen molar-refractivity contribution in [3.05, 3.63) is 12.1 Å². The minimum Gasteiger partial charge on any atom is -0.504 e. The third-order valence-electron chi connectivity index (χ3n) is 1.32. The molecule has 0 atom stereocenters. The van der Waals surface area contributed by atoms with Crippen LogP contribution in [0, 0.1) is 0 Å². The van der Waals surface area contributed by atoms with Crippen molar-refractivity contribution in [3.8, 4) is 22.6 Å². The SMILES string of the molecule is CC(N)=O.Oc1cc2cc-2c1O. The number of rotatable bonds is 0. The first-order chi connectivity index (χ1) is 5.52. The van der Waals surface area contributed by atoms with Crippen molar-refractivity contribution in [1.29, 1.82) is 0 Å². The van der Waals surface area contributed by atoms with Crippen LogP contribution in [-0.2, 0) is 4.79 Å². The third-order valence-corrected chi connectivity index (χ3v) is 1.32. The van der Waals surface area contributed by atoms with Crippen LogP contribution in [0.2, 0.25) is 0 Å². The Labute approximate surface area is 69.3 Å². The largest absolute Gasteiger partial charge is 0.504 e. The Morgan fingerprint density at radius 2 is 1.92 bits per heavy atom. The van der Waals surface area contributed by atoms with E-state index in [1.54, 1.807) is 6.07 Å². The summed E-state index contributed by atoms with van der Waals surface area (Å²) in [5.74, 6) is -0.308. The number of carbonyl (C=O) groups is 1. The molecule has 0 radical (unpaired) electrons. The van der Waals surface area contributed by atoms with Gasteiger partial charge in [-0.25, -0.2) is 0 Å². The van der Waals surface area contributed by atoms with Gasteiger partial charge in [0.1, 0.15) is 0 Å². The molecule has 4 heteroatoms. The second-order valence-electron chi connectivity index (χ2n) is 2.50. The predicted octanol–water partition coefficient (Wildman–Crippen LogP) is 0.570. The van der Waals surface area contributed by atoms with E-state index < -0.39 is 0 Å². The Bertz CT molecular complexity index is 329. The highest BCUT2D eigenvalue weighted by Gasteiger charge is 2.21. The molecule has 0 unspecified atom stereocenters. The number of hydrogen-bond donors (Lipinski definition) is 3. The van der Waals surface area contributed by atoms with Gasteiger partial charge in [0.05, 0.1) is 0 Å². The fourth-order valence-corrected chi connectivity index (χ4v) is 0.798. The summed E-state index contributed by atoms with van der Waals surface area (Å²) in [6, 6.07) is 3.36. The highest BCUT2D eigenvalue weighted by atomic mass is 16.3. The number of phenolic OH excluding ortho intramolecular Hbond substituents is 2. The van der Waals surface area contributed by atoms with E-state index in [1.165, 1.54) is 6.92 Å². The number of amides is 1. The van der Waals surface area contributed by atoms with Gasteiger partial charge in [-0.15, -0.1) is 0 Å². The molecular weight excluding hydrogens is 158 g/mol. The maximum Gasteiger partial charge on any atom is 0.214 e. The van der Waals surface area contributed by atoms with E-state index in [0.29, 0.717) is 0 Å². The minimum absolute atomic E-state index is 0.00231. The number of benzene rings is 1. The predicted molar refractivity (Wildman–Crippen MR) is 43.6 cm³/mol. The van der Waals surface area contributed by atoms with E-state index in [9.17, 15) is 4.79 Å². The molecule has 12 heavy (non-hydrogen) atoms. The van der Waals surface area contributed by atoms with E-state index in [0.717, 1.165) is 11.1 Å². The molecule has 2 aliphatic carbocycles. The first kappa shape index (κ1) is 8.39. The fraction of sp³-hybridized carbons (Fsp3) is 0.125. The summed E-state index contributed by atoms with van der Waals surface area (Å²) in [6.07, 6.45) is 0. The molecule has 0 aliphatic heterocycles. The van der Waals surface area contributed by atoms with Crippen molar-refractivity contribution in [1.82, 2.24) is 0 Å². The molecule has 0 aromatic carbocycles. The zero-order chi connectivity index (χ0) is 9.30. The second kappa shape index (κ2) is 2.73. The number of aromatic hydroxyl groups is 2. The van der Waals surface area contributed by atoms with Crippen molar-refractivity contribution < 1.29 is 15.0 Å². The Kier molecular flexibility index (Phi) is 1.91. The molecule has 0 aromatic rings. The van der Waals surface area contributed by atoms with Crippen LogP contribution in [0.25, 0.3) is 11.1 Å². The van der Waals surface area contributed by atoms with Crippen LogP contribution < -0.4 is 5.73 Å². The van der Waals surface area contributed by atoms with Crippen molar-refractivity contribution in [3.63, 3.8) is 0 Å². The molecule has 0 heterocycles. The maximum absolute atomic E-state index is 9.22. The number of fused-ring (bicyclic) bond motifs is 1. The summed E-state index contributed by atoms with van der Waals surface area (Å²) in [5, 5.41) is 17.5. The topological polar surface area (TPSA) is 83.6 Å². The molecule has 4 nitrogen and oxygen atoms in total. The number of carbonyl (C=O) groups excluding carboxylic acids is 1. The number of primary amides is 1. The van der Waals surface area contributed by atoms with Gasteiger partial charge in [-0.05, 0) is 17.7 Å². The van der Waals surface area contributed by atoms with Gasteiger partial charge in [0.15, 0.2) is 11.5 Å². The molecule has 2 aliphatic rings. The highest BCUT2D eigenvalue weighted by Crippen LogP contribution is 2.49. The summed E-state index contributed by atoms with van der Waals surface area (Å²) < 4.78 is 0. The number of phenols is 2. The van der Waals surface area contributed by atoms with Gasteiger partial charge in [0.2, 0.25) is 5.91 Å². The van der Waals surface area contributed by atoms with Gasteiger partial charge in [-0.3, -0.25) is 4.79 Å². The summed E-state index contributed by atoms with van der Waals surface area (Å²) in [7, 11) is 0. The van der Waals surface area contributed by atoms with E-state index in [1.807, 2.05) is 6.07 Å². The molecule has 0 bridgehead atoms. The lowest BCUT2D eigenvalue weighted by Crippen LogP contribution is -2.01. The Morgan fingerprint density at radius 3 is 2.08 bits per heavy atom. The Morgan fingerprint density at radius 1 is 1.42 bits per heavy atom. The third kappa shape index (κ3) is 1.66. The molecule has 1 amide bonds. The molecule has 0 aromatic heterocycles. The Hall–Kier alpha value is -1.71. The first-order valence-electron chi connectivity index (χ1n) is 3.34. The van der Waals surface area contributed by atoms with Crippen LogP contribution in [0.15, 0.2) is 12.1 Å². The minimum atomic E-state index is -0.333. The second-order valence-corrected chi connectivity index (χ2v) is 2.50. The van der Waals surface area contributed by atoms with Crippen LogP contribution in [-0.4, -0.2) is 16.1 Å². The van der Waals surface area contributed by atoms with E-state index in [2.05, 4.69) is 5.73 Å². The fourth-order valence-electron chi connectivity index (χ4n) is 0.798. The molecule has 4 N–H and O–H groups in total. The summed E-state index contributed by atoms with van der Waals surface area (Å²) in [6.45, 7) is 1.31. The van der Waals surface area contributed by atoms with E-state index in [4.69, 9.17) is 10.2 Å². The van der Waals surface area contributed by atoms with Crippen LogP contribution in [0.1, 0.15) is 6.92 Å².